The fraction of sp³-hybridized carbons (Fsp3) is 0.200. The van der Waals surface area contributed by atoms with Crippen molar-refractivity contribution in [3.8, 4) is 0 Å². The average Bonchev–Trinajstić information content (AvgIpc) is 2.93. The van der Waals surface area contributed by atoms with Crippen LogP contribution in [0.1, 0.15) is 17.4 Å². The van der Waals surface area contributed by atoms with E-state index in [1.807, 2.05) is 0 Å². The van der Waals surface area contributed by atoms with Crippen LogP contribution in [0.25, 0.3) is 0 Å². The Kier molecular flexibility index (Phi) is 4.75. The monoisotopic (exact) mass is 317 g/mol. The number of hydrogen-bond donors (Lipinski definition) is 1. The van der Waals surface area contributed by atoms with Gasteiger partial charge >= 0.3 is 5.97 Å². The molecular weight excluding hydrogens is 302 g/mol. The number of nitro groups is 1. The molecule has 1 N–H and O–H groups in total. The zero-order chi connectivity index (χ0) is 17.0. The summed E-state index contributed by atoms with van der Waals surface area (Å²) in [6, 6.07) is 8.97. The predicted molar refractivity (Wildman–Crippen MR) is 82.0 cm³/mol. The molecule has 23 heavy (non-hydrogen) atoms. The maximum Gasteiger partial charge on any atom is 0.355 e. The Morgan fingerprint density at radius 2 is 1.96 bits per heavy atom. The van der Waals surface area contributed by atoms with Crippen LogP contribution < -0.4 is 5.32 Å². The molecular formula is C15H15N3O5. The highest BCUT2D eigenvalue weighted by atomic mass is 16.6. The summed E-state index contributed by atoms with van der Waals surface area (Å²) in [5.74, 6) is -1.30. The fourth-order valence-corrected chi connectivity index (χ4v) is 1.92. The molecule has 2 aromatic rings. The molecule has 0 fully saturated rings. The van der Waals surface area contributed by atoms with Crippen LogP contribution in [0.15, 0.2) is 42.6 Å². The summed E-state index contributed by atoms with van der Waals surface area (Å²) < 4.78 is 6.63. The van der Waals surface area contributed by atoms with E-state index in [9.17, 15) is 19.7 Å². The Morgan fingerprint density at radius 3 is 2.57 bits per heavy atom. The molecule has 2 rings (SSSR count). The van der Waals surface area contributed by atoms with Crippen molar-refractivity contribution in [1.82, 2.24) is 4.57 Å². The molecule has 0 radical (unpaired) electrons. The highest BCUT2D eigenvalue weighted by molar-refractivity contribution is 5.98. The van der Waals surface area contributed by atoms with Gasteiger partial charge in [0.1, 0.15) is 11.4 Å². The lowest BCUT2D eigenvalue weighted by atomic mass is 10.2. The highest BCUT2D eigenvalue weighted by Crippen LogP contribution is 2.23. The van der Waals surface area contributed by atoms with Gasteiger partial charge in [0.05, 0.1) is 4.92 Å². The Labute approximate surface area is 131 Å². The number of para-hydroxylation sites is 2. The minimum absolute atomic E-state index is 0.0456. The molecule has 1 atom stereocenters. The second-order valence-electron chi connectivity index (χ2n) is 4.82. The lowest BCUT2D eigenvalue weighted by Crippen LogP contribution is -2.30. The number of amides is 1. The number of carbonyl (C=O) groups is 2. The van der Waals surface area contributed by atoms with Gasteiger partial charge in [-0.25, -0.2) is 4.79 Å². The van der Waals surface area contributed by atoms with Gasteiger partial charge < -0.3 is 14.6 Å². The standard InChI is InChI=1S/C15H15N3O5/c1-10(23-15(20)13-8-5-9-17(13)2)14(19)16-11-6-3-4-7-12(11)18(21)22/h3-10H,1-2H3,(H,16,19)/t10-/m0/s1. The van der Waals surface area contributed by atoms with Crippen LogP contribution in [0.3, 0.4) is 0 Å². The van der Waals surface area contributed by atoms with Gasteiger partial charge in [0.2, 0.25) is 0 Å². The molecule has 0 saturated heterocycles. The molecule has 1 amide bonds. The minimum Gasteiger partial charge on any atom is -0.448 e. The number of aryl methyl sites for hydroxylation is 1. The molecule has 0 bridgehead atoms. The number of anilines is 1. The molecule has 1 aromatic heterocycles. The molecule has 120 valence electrons. The third-order valence-corrected chi connectivity index (χ3v) is 3.16. The van der Waals surface area contributed by atoms with E-state index in [-0.39, 0.29) is 11.4 Å². The molecule has 0 saturated carbocycles. The Balaban J connectivity index is 2.05. The number of esters is 1. The second-order valence-corrected chi connectivity index (χ2v) is 4.82. The third kappa shape index (κ3) is 3.73. The predicted octanol–water partition coefficient (Wildman–Crippen LogP) is 2.12. The largest absolute Gasteiger partial charge is 0.448 e. The van der Waals surface area contributed by atoms with Crippen molar-refractivity contribution in [2.75, 3.05) is 5.32 Å². The van der Waals surface area contributed by atoms with E-state index in [4.69, 9.17) is 4.74 Å². The van der Waals surface area contributed by atoms with Crippen LogP contribution in [-0.4, -0.2) is 27.5 Å². The topological polar surface area (TPSA) is 103 Å². The van der Waals surface area contributed by atoms with Crippen LogP contribution >= 0.6 is 0 Å². The van der Waals surface area contributed by atoms with Crippen molar-refractivity contribution in [3.05, 3.63) is 58.4 Å². The number of ether oxygens (including phenoxy) is 1. The van der Waals surface area contributed by atoms with Crippen LogP contribution in [0.4, 0.5) is 11.4 Å². The summed E-state index contributed by atoms with van der Waals surface area (Å²) in [6.45, 7) is 1.39. The zero-order valence-corrected chi connectivity index (χ0v) is 12.6. The molecule has 0 aliphatic heterocycles. The van der Waals surface area contributed by atoms with E-state index < -0.39 is 22.9 Å². The number of hydrogen-bond acceptors (Lipinski definition) is 5. The van der Waals surface area contributed by atoms with Gasteiger partial charge in [0.15, 0.2) is 6.10 Å². The van der Waals surface area contributed by atoms with E-state index in [1.54, 1.807) is 36.0 Å². The van der Waals surface area contributed by atoms with Crippen molar-refractivity contribution in [1.29, 1.82) is 0 Å². The first-order chi connectivity index (χ1) is 10.9. The van der Waals surface area contributed by atoms with Gasteiger partial charge in [-0.15, -0.1) is 0 Å². The number of carbonyl (C=O) groups excluding carboxylic acids is 2. The minimum atomic E-state index is -1.10. The maximum atomic E-state index is 12.1. The Bertz CT molecular complexity index is 753. The smallest absolute Gasteiger partial charge is 0.355 e. The molecule has 0 aliphatic rings. The molecule has 1 heterocycles. The first-order valence-electron chi connectivity index (χ1n) is 6.76. The lowest BCUT2D eigenvalue weighted by molar-refractivity contribution is -0.383. The van der Waals surface area contributed by atoms with Gasteiger partial charge in [0, 0.05) is 19.3 Å². The van der Waals surface area contributed by atoms with Crippen LogP contribution in [0.5, 0.6) is 0 Å². The van der Waals surface area contributed by atoms with Crippen LogP contribution in [-0.2, 0) is 16.6 Å². The molecule has 8 heteroatoms. The molecule has 1 aromatic carbocycles. The summed E-state index contributed by atoms with van der Waals surface area (Å²) in [5.41, 5.74) is 0.112. The summed E-state index contributed by atoms with van der Waals surface area (Å²) in [4.78, 5) is 34.3. The van der Waals surface area contributed by atoms with E-state index in [0.29, 0.717) is 5.69 Å². The van der Waals surface area contributed by atoms with Crippen molar-refractivity contribution >= 4 is 23.3 Å². The summed E-state index contributed by atoms with van der Waals surface area (Å²) in [6.07, 6.45) is 0.575. The molecule has 8 nitrogen and oxygen atoms in total. The summed E-state index contributed by atoms with van der Waals surface area (Å²) in [5, 5.41) is 13.3. The number of rotatable bonds is 5. The van der Waals surface area contributed by atoms with Crippen LogP contribution in [0, 0.1) is 10.1 Å². The lowest BCUT2D eigenvalue weighted by Gasteiger charge is -2.13. The third-order valence-electron chi connectivity index (χ3n) is 3.16. The van der Waals surface area contributed by atoms with Gasteiger partial charge in [-0.3, -0.25) is 14.9 Å². The van der Waals surface area contributed by atoms with E-state index in [2.05, 4.69) is 5.32 Å². The SMILES string of the molecule is C[C@H](OC(=O)c1cccn1C)C(=O)Nc1ccccc1[N+](=O)[O-]. The molecule has 0 unspecified atom stereocenters. The highest BCUT2D eigenvalue weighted by Gasteiger charge is 2.22. The number of nitrogens with zero attached hydrogens (tertiary/aromatic N) is 2. The quantitative estimate of drug-likeness (QED) is 0.517. The van der Waals surface area contributed by atoms with Gasteiger partial charge in [-0.2, -0.15) is 0 Å². The molecule has 0 spiro atoms. The molecule has 0 aliphatic carbocycles. The van der Waals surface area contributed by atoms with Gasteiger partial charge in [-0.1, -0.05) is 12.1 Å². The number of aromatic nitrogens is 1. The summed E-state index contributed by atoms with van der Waals surface area (Å²) >= 11 is 0. The average molecular weight is 317 g/mol. The first kappa shape index (κ1) is 16.2. The van der Waals surface area contributed by atoms with Gasteiger partial charge in [-0.05, 0) is 25.1 Å². The van der Waals surface area contributed by atoms with Gasteiger partial charge in [0.25, 0.3) is 11.6 Å². The Hall–Kier alpha value is -3.16. The van der Waals surface area contributed by atoms with Crippen molar-refractivity contribution in [3.63, 3.8) is 0 Å². The fourth-order valence-electron chi connectivity index (χ4n) is 1.92. The van der Waals surface area contributed by atoms with Crippen LogP contribution in [0.2, 0.25) is 0 Å². The van der Waals surface area contributed by atoms with Crippen molar-refractivity contribution < 1.29 is 19.2 Å². The maximum absolute atomic E-state index is 12.1. The zero-order valence-electron chi connectivity index (χ0n) is 12.6. The summed E-state index contributed by atoms with van der Waals surface area (Å²) in [7, 11) is 1.68. The van der Waals surface area contributed by atoms with Crippen molar-refractivity contribution in [2.45, 2.75) is 13.0 Å². The first-order valence-corrected chi connectivity index (χ1v) is 6.76. The second kappa shape index (κ2) is 6.73. The Morgan fingerprint density at radius 1 is 1.26 bits per heavy atom. The number of nitro benzene ring substituents is 1. The van der Waals surface area contributed by atoms with E-state index >= 15 is 0 Å². The number of benzene rings is 1. The van der Waals surface area contributed by atoms with Crippen molar-refractivity contribution in [2.24, 2.45) is 7.05 Å². The van der Waals surface area contributed by atoms with E-state index in [0.717, 1.165) is 0 Å². The number of nitrogens with one attached hydrogen (secondary N) is 1. The van der Waals surface area contributed by atoms with E-state index in [1.165, 1.54) is 25.1 Å². The normalized spacial score (nSPS) is 11.6.